The molecule has 1 unspecified atom stereocenters. The van der Waals surface area contributed by atoms with Crippen LogP contribution in [0.4, 0.5) is 8.78 Å². The summed E-state index contributed by atoms with van der Waals surface area (Å²) in [7, 11) is 0. The third-order valence-corrected chi connectivity index (χ3v) is 1.93. The van der Waals surface area contributed by atoms with Crippen molar-refractivity contribution in [1.82, 2.24) is 0 Å². The van der Waals surface area contributed by atoms with Crippen molar-refractivity contribution in [2.45, 2.75) is 20.0 Å². The van der Waals surface area contributed by atoms with Gasteiger partial charge in [-0.1, -0.05) is 19.9 Å². The van der Waals surface area contributed by atoms with E-state index in [9.17, 15) is 13.9 Å². The number of hydrogen-bond donors (Lipinski definition) is 1. The third kappa shape index (κ3) is 2.04. The first-order chi connectivity index (χ1) is 6.04. The molecule has 0 aliphatic rings. The molecule has 72 valence electrons. The van der Waals surface area contributed by atoms with E-state index in [1.807, 2.05) is 0 Å². The van der Waals surface area contributed by atoms with Crippen LogP contribution in [0.3, 0.4) is 0 Å². The Hall–Kier alpha value is -0.960. The lowest BCUT2D eigenvalue weighted by Gasteiger charge is -2.15. The van der Waals surface area contributed by atoms with Crippen molar-refractivity contribution in [2.75, 3.05) is 0 Å². The molecule has 0 saturated carbocycles. The first-order valence-corrected chi connectivity index (χ1v) is 4.16. The van der Waals surface area contributed by atoms with Crippen molar-refractivity contribution in [2.24, 2.45) is 5.92 Å². The van der Waals surface area contributed by atoms with Gasteiger partial charge in [0.25, 0.3) is 0 Å². The SMILES string of the molecule is CC(C)C(O)c1c(F)cccc1F. The van der Waals surface area contributed by atoms with E-state index in [2.05, 4.69) is 0 Å². The second kappa shape index (κ2) is 3.83. The first-order valence-electron chi connectivity index (χ1n) is 4.16. The zero-order valence-corrected chi connectivity index (χ0v) is 7.59. The summed E-state index contributed by atoms with van der Waals surface area (Å²) < 4.78 is 26.1. The second-order valence-electron chi connectivity index (χ2n) is 3.32. The normalized spacial score (nSPS) is 13.4. The van der Waals surface area contributed by atoms with E-state index < -0.39 is 17.7 Å². The Morgan fingerprint density at radius 2 is 1.62 bits per heavy atom. The molecule has 1 atom stereocenters. The molecule has 0 aliphatic heterocycles. The first kappa shape index (κ1) is 10.1. The average Bonchev–Trinajstić information content (AvgIpc) is 2.03. The maximum Gasteiger partial charge on any atom is 0.131 e. The van der Waals surface area contributed by atoms with Crippen LogP contribution in [-0.2, 0) is 0 Å². The minimum Gasteiger partial charge on any atom is -0.388 e. The van der Waals surface area contributed by atoms with Crippen LogP contribution in [0.1, 0.15) is 25.5 Å². The maximum absolute atomic E-state index is 13.1. The fraction of sp³-hybridized carbons (Fsp3) is 0.400. The van der Waals surface area contributed by atoms with E-state index in [1.165, 1.54) is 6.07 Å². The standard InChI is InChI=1S/C10H12F2O/c1-6(2)10(13)9-7(11)4-3-5-8(9)12/h3-6,10,13H,1-2H3. The summed E-state index contributed by atoms with van der Waals surface area (Å²) in [4.78, 5) is 0. The zero-order valence-electron chi connectivity index (χ0n) is 7.59. The molecule has 0 aromatic heterocycles. The molecule has 1 nitrogen and oxygen atoms in total. The Bertz CT molecular complexity index is 277. The minimum absolute atomic E-state index is 0.202. The van der Waals surface area contributed by atoms with E-state index in [0.717, 1.165) is 12.1 Å². The van der Waals surface area contributed by atoms with E-state index in [-0.39, 0.29) is 11.5 Å². The van der Waals surface area contributed by atoms with Crippen LogP contribution in [0, 0.1) is 17.6 Å². The summed E-state index contributed by atoms with van der Waals surface area (Å²) in [6.45, 7) is 3.41. The van der Waals surface area contributed by atoms with Gasteiger partial charge in [0.1, 0.15) is 11.6 Å². The summed E-state index contributed by atoms with van der Waals surface area (Å²) >= 11 is 0. The minimum atomic E-state index is -1.08. The van der Waals surface area contributed by atoms with Crippen LogP contribution in [0.25, 0.3) is 0 Å². The number of aliphatic hydroxyl groups is 1. The summed E-state index contributed by atoms with van der Waals surface area (Å²) in [5.74, 6) is -1.59. The van der Waals surface area contributed by atoms with Gasteiger partial charge >= 0.3 is 0 Å². The summed E-state index contributed by atoms with van der Waals surface area (Å²) in [5.41, 5.74) is -0.238. The van der Waals surface area contributed by atoms with E-state index in [4.69, 9.17) is 0 Å². The highest BCUT2D eigenvalue weighted by molar-refractivity contribution is 5.22. The van der Waals surface area contributed by atoms with Crippen molar-refractivity contribution in [1.29, 1.82) is 0 Å². The molecular formula is C10H12F2O. The lowest BCUT2D eigenvalue weighted by molar-refractivity contribution is 0.118. The summed E-state index contributed by atoms with van der Waals surface area (Å²) in [6, 6.07) is 3.56. The highest BCUT2D eigenvalue weighted by Crippen LogP contribution is 2.26. The van der Waals surface area contributed by atoms with Gasteiger partial charge in [-0.2, -0.15) is 0 Å². The number of benzene rings is 1. The zero-order chi connectivity index (χ0) is 10.0. The van der Waals surface area contributed by atoms with Crippen molar-refractivity contribution in [3.63, 3.8) is 0 Å². The Morgan fingerprint density at radius 3 is 2.00 bits per heavy atom. The fourth-order valence-electron chi connectivity index (χ4n) is 1.13. The maximum atomic E-state index is 13.1. The van der Waals surface area contributed by atoms with E-state index in [0.29, 0.717) is 0 Å². The van der Waals surface area contributed by atoms with Crippen LogP contribution >= 0.6 is 0 Å². The quantitative estimate of drug-likeness (QED) is 0.752. The van der Waals surface area contributed by atoms with Crippen molar-refractivity contribution >= 4 is 0 Å². The molecule has 1 aromatic rings. The Labute approximate surface area is 76.0 Å². The van der Waals surface area contributed by atoms with Crippen LogP contribution in [0.5, 0.6) is 0 Å². The molecule has 0 radical (unpaired) electrons. The predicted molar refractivity (Wildman–Crippen MR) is 46.2 cm³/mol. The van der Waals surface area contributed by atoms with Crippen LogP contribution < -0.4 is 0 Å². The Morgan fingerprint density at radius 1 is 1.15 bits per heavy atom. The molecule has 3 heteroatoms. The smallest absolute Gasteiger partial charge is 0.131 e. The van der Waals surface area contributed by atoms with Gasteiger partial charge in [-0.05, 0) is 18.1 Å². The topological polar surface area (TPSA) is 20.2 Å². The lowest BCUT2D eigenvalue weighted by atomic mass is 9.98. The molecule has 0 spiro atoms. The van der Waals surface area contributed by atoms with Gasteiger partial charge in [-0.25, -0.2) is 8.78 Å². The average molecular weight is 186 g/mol. The van der Waals surface area contributed by atoms with Gasteiger partial charge in [0.15, 0.2) is 0 Å². The molecule has 0 fully saturated rings. The second-order valence-corrected chi connectivity index (χ2v) is 3.32. The number of hydrogen-bond acceptors (Lipinski definition) is 1. The Kier molecular flexibility index (Phi) is 2.98. The van der Waals surface area contributed by atoms with Crippen LogP contribution in [0.2, 0.25) is 0 Å². The third-order valence-electron chi connectivity index (χ3n) is 1.93. The van der Waals surface area contributed by atoms with Gasteiger partial charge in [-0.3, -0.25) is 0 Å². The highest BCUT2D eigenvalue weighted by atomic mass is 19.1. The van der Waals surface area contributed by atoms with Crippen molar-refractivity contribution < 1.29 is 13.9 Å². The summed E-state index contributed by atoms with van der Waals surface area (Å²) in [6.07, 6.45) is -1.08. The van der Waals surface area contributed by atoms with Crippen LogP contribution in [-0.4, -0.2) is 5.11 Å². The van der Waals surface area contributed by atoms with Crippen LogP contribution in [0.15, 0.2) is 18.2 Å². The lowest BCUT2D eigenvalue weighted by Crippen LogP contribution is -2.09. The van der Waals surface area contributed by atoms with Gasteiger partial charge < -0.3 is 5.11 Å². The fourth-order valence-corrected chi connectivity index (χ4v) is 1.13. The van der Waals surface area contributed by atoms with Gasteiger partial charge in [0.05, 0.1) is 11.7 Å². The predicted octanol–water partition coefficient (Wildman–Crippen LogP) is 2.65. The molecule has 0 bridgehead atoms. The highest BCUT2D eigenvalue weighted by Gasteiger charge is 2.20. The monoisotopic (exact) mass is 186 g/mol. The largest absolute Gasteiger partial charge is 0.388 e. The number of halogens is 2. The molecule has 0 aliphatic carbocycles. The van der Waals surface area contributed by atoms with E-state index >= 15 is 0 Å². The molecule has 1 N–H and O–H groups in total. The van der Waals surface area contributed by atoms with Crippen molar-refractivity contribution in [3.8, 4) is 0 Å². The van der Waals surface area contributed by atoms with Gasteiger partial charge in [0, 0.05) is 0 Å². The summed E-state index contributed by atoms with van der Waals surface area (Å²) in [5, 5.41) is 9.48. The molecule has 1 aromatic carbocycles. The van der Waals surface area contributed by atoms with Crippen molar-refractivity contribution in [3.05, 3.63) is 35.4 Å². The van der Waals surface area contributed by atoms with E-state index in [1.54, 1.807) is 13.8 Å². The number of aliphatic hydroxyl groups excluding tert-OH is 1. The van der Waals surface area contributed by atoms with Gasteiger partial charge in [0.2, 0.25) is 0 Å². The molecule has 1 rings (SSSR count). The molecular weight excluding hydrogens is 174 g/mol. The van der Waals surface area contributed by atoms with Gasteiger partial charge in [-0.15, -0.1) is 0 Å². The molecule has 0 heterocycles. The number of rotatable bonds is 2. The molecule has 0 saturated heterocycles. The molecule has 13 heavy (non-hydrogen) atoms. The Balaban J connectivity index is 3.12. The molecule has 0 amide bonds.